The molecular weight excluding hydrogens is 456 g/mol. The van der Waals surface area contributed by atoms with Gasteiger partial charge in [-0.3, -0.25) is 4.79 Å². The highest BCUT2D eigenvalue weighted by molar-refractivity contribution is 9.10. The Kier molecular flexibility index (Phi) is 5.78. The molecule has 0 bridgehead atoms. The van der Waals surface area contributed by atoms with Crippen LogP contribution in [0.25, 0.3) is 23.0 Å². The van der Waals surface area contributed by atoms with Crippen molar-refractivity contribution in [1.29, 1.82) is 0 Å². The molecule has 0 aliphatic heterocycles. The number of hydrogen-bond donors (Lipinski definition) is 1. The summed E-state index contributed by atoms with van der Waals surface area (Å²) in [7, 11) is 0. The van der Waals surface area contributed by atoms with Crippen LogP contribution in [0.3, 0.4) is 0 Å². The fourth-order valence-corrected chi connectivity index (χ4v) is 3.48. The van der Waals surface area contributed by atoms with E-state index in [1.807, 2.05) is 48.5 Å². The Labute approximate surface area is 180 Å². The predicted octanol–water partition coefficient (Wildman–Crippen LogP) is 4.94. The van der Waals surface area contributed by atoms with Gasteiger partial charge in [0.05, 0.1) is 0 Å². The first-order valence-electron chi connectivity index (χ1n) is 8.85. The average Bonchev–Trinajstić information content (AvgIpc) is 3.37. The summed E-state index contributed by atoms with van der Waals surface area (Å²) in [6, 6.07) is 18.7. The molecule has 6 nitrogen and oxygen atoms in total. The molecule has 1 amide bonds. The van der Waals surface area contributed by atoms with E-state index in [-0.39, 0.29) is 12.5 Å². The molecule has 8 heteroatoms. The molecule has 0 unspecified atom stereocenters. The summed E-state index contributed by atoms with van der Waals surface area (Å²) in [6.07, 6.45) is 1.80. The second kappa shape index (κ2) is 8.63. The quantitative estimate of drug-likeness (QED) is 0.432. The summed E-state index contributed by atoms with van der Waals surface area (Å²) >= 11 is 9.51. The molecule has 0 spiro atoms. The van der Waals surface area contributed by atoms with E-state index in [0.29, 0.717) is 29.0 Å². The van der Waals surface area contributed by atoms with Crippen molar-refractivity contribution < 1.29 is 9.32 Å². The van der Waals surface area contributed by atoms with E-state index in [1.165, 1.54) is 0 Å². The summed E-state index contributed by atoms with van der Waals surface area (Å²) in [5.74, 6) is 0.657. The highest BCUT2D eigenvalue weighted by atomic mass is 79.9. The third kappa shape index (κ3) is 4.58. The van der Waals surface area contributed by atoms with Crippen LogP contribution in [0.4, 0.5) is 0 Å². The molecule has 29 heavy (non-hydrogen) atoms. The molecule has 2 heterocycles. The molecular formula is C21H16BrClN4O2. The van der Waals surface area contributed by atoms with E-state index >= 15 is 0 Å². The second-order valence-corrected chi connectivity index (χ2v) is 7.61. The predicted molar refractivity (Wildman–Crippen MR) is 114 cm³/mol. The number of amides is 1. The highest BCUT2D eigenvalue weighted by Crippen LogP contribution is 2.24. The first-order valence-corrected chi connectivity index (χ1v) is 10.0. The maximum absolute atomic E-state index is 12.4. The Hall–Kier alpha value is -2.90. The summed E-state index contributed by atoms with van der Waals surface area (Å²) < 4.78 is 8.14. The Balaban J connectivity index is 1.46. The molecule has 2 aromatic heterocycles. The van der Waals surface area contributed by atoms with Crippen molar-refractivity contribution >= 4 is 33.4 Å². The largest absolute Gasteiger partial charge is 0.350 e. The van der Waals surface area contributed by atoms with Gasteiger partial charge in [-0.05, 0) is 35.9 Å². The lowest BCUT2D eigenvalue weighted by Crippen LogP contribution is -2.27. The van der Waals surface area contributed by atoms with Gasteiger partial charge >= 0.3 is 0 Å². The van der Waals surface area contributed by atoms with Crippen LogP contribution in [0.15, 0.2) is 75.9 Å². The Bertz CT molecular complexity index is 1150. The topological polar surface area (TPSA) is 73.0 Å². The van der Waals surface area contributed by atoms with Gasteiger partial charge in [0.1, 0.15) is 12.2 Å². The minimum Gasteiger partial charge on any atom is -0.350 e. The zero-order valence-corrected chi connectivity index (χ0v) is 17.5. The van der Waals surface area contributed by atoms with E-state index in [9.17, 15) is 4.79 Å². The van der Waals surface area contributed by atoms with Gasteiger partial charge < -0.3 is 14.4 Å². The van der Waals surface area contributed by atoms with Crippen LogP contribution >= 0.6 is 27.5 Å². The van der Waals surface area contributed by atoms with Crippen molar-refractivity contribution in [3.8, 4) is 23.0 Å². The van der Waals surface area contributed by atoms with Crippen LogP contribution in [0.1, 0.15) is 5.56 Å². The first-order chi connectivity index (χ1) is 14.1. The van der Waals surface area contributed by atoms with Gasteiger partial charge in [-0.2, -0.15) is 4.98 Å². The number of nitrogens with one attached hydrogen (secondary N) is 1. The molecule has 4 rings (SSSR count). The van der Waals surface area contributed by atoms with Crippen molar-refractivity contribution in [3.05, 3.63) is 81.9 Å². The Morgan fingerprint density at radius 2 is 2.00 bits per heavy atom. The summed E-state index contributed by atoms with van der Waals surface area (Å²) in [5, 5.41) is 7.54. The number of carbonyl (C=O) groups excluding carboxylic acids is 1. The summed E-state index contributed by atoms with van der Waals surface area (Å²) in [6.45, 7) is 0.581. The summed E-state index contributed by atoms with van der Waals surface area (Å²) in [5.41, 5.74) is 2.44. The van der Waals surface area contributed by atoms with E-state index in [4.69, 9.17) is 16.1 Å². The van der Waals surface area contributed by atoms with E-state index < -0.39 is 0 Å². The normalized spacial score (nSPS) is 10.8. The zero-order valence-electron chi connectivity index (χ0n) is 15.2. The van der Waals surface area contributed by atoms with Crippen LogP contribution in [0.5, 0.6) is 0 Å². The number of hydrogen-bond acceptors (Lipinski definition) is 4. The van der Waals surface area contributed by atoms with Crippen molar-refractivity contribution in [2.24, 2.45) is 0 Å². The SMILES string of the molecule is O=C(Cn1cccc1-c1nc(-c2cccc(Cl)c2)no1)NCc1ccccc1Br. The Morgan fingerprint density at radius 1 is 1.14 bits per heavy atom. The number of nitrogens with zero attached hydrogens (tertiary/aromatic N) is 3. The van der Waals surface area contributed by atoms with Gasteiger partial charge in [-0.25, -0.2) is 0 Å². The minimum absolute atomic E-state index is 0.118. The number of rotatable bonds is 6. The molecule has 0 radical (unpaired) electrons. The van der Waals surface area contributed by atoms with Crippen LogP contribution in [-0.2, 0) is 17.9 Å². The molecule has 146 valence electrons. The van der Waals surface area contributed by atoms with E-state index in [2.05, 4.69) is 31.4 Å². The third-order valence-corrected chi connectivity index (χ3v) is 5.31. The Morgan fingerprint density at radius 3 is 2.83 bits per heavy atom. The maximum atomic E-state index is 12.4. The second-order valence-electron chi connectivity index (χ2n) is 6.32. The van der Waals surface area contributed by atoms with Crippen LogP contribution in [0, 0.1) is 0 Å². The molecule has 4 aromatic rings. The first kappa shape index (κ1) is 19.4. The van der Waals surface area contributed by atoms with Gasteiger partial charge in [-0.1, -0.05) is 63.0 Å². The van der Waals surface area contributed by atoms with E-state index in [1.54, 1.807) is 22.9 Å². The fourth-order valence-electron chi connectivity index (χ4n) is 2.86. The van der Waals surface area contributed by atoms with Gasteiger partial charge in [0.25, 0.3) is 5.89 Å². The average molecular weight is 472 g/mol. The molecule has 2 aromatic carbocycles. The minimum atomic E-state index is -0.118. The van der Waals surface area contributed by atoms with Crippen molar-refractivity contribution in [3.63, 3.8) is 0 Å². The number of aromatic nitrogens is 3. The van der Waals surface area contributed by atoms with Gasteiger partial charge in [0.15, 0.2) is 0 Å². The lowest BCUT2D eigenvalue weighted by Gasteiger charge is -2.09. The highest BCUT2D eigenvalue weighted by Gasteiger charge is 2.15. The van der Waals surface area contributed by atoms with E-state index in [0.717, 1.165) is 15.6 Å². The molecule has 0 atom stereocenters. The monoisotopic (exact) mass is 470 g/mol. The lowest BCUT2D eigenvalue weighted by molar-refractivity contribution is -0.121. The lowest BCUT2D eigenvalue weighted by atomic mass is 10.2. The molecule has 1 N–H and O–H groups in total. The number of benzene rings is 2. The van der Waals surface area contributed by atoms with Crippen molar-refractivity contribution in [2.45, 2.75) is 13.1 Å². The van der Waals surface area contributed by atoms with Crippen LogP contribution < -0.4 is 5.32 Å². The molecule has 0 saturated carbocycles. The van der Waals surface area contributed by atoms with Crippen LogP contribution in [-0.4, -0.2) is 20.6 Å². The molecule has 0 aliphatic carbocycles. The summed E-state index contributed by atoms with van der Waals surface area (Å²) in [4.78, 5) is 16.9. The molecule has 0 fully saturated rings. The third-order valence-electron chi connectivity index (χ3n) is 4.31. The number of halogens is 2. The van der Waals surface area contributed by atoms with Crippen LogP contribution in [0.2, 0.25) is 5.02 Å². The molecule has 0 saturated heterocycles. The fraction of sp³-hybridized carbons (Fsp3) is 0.0952. The van der Waals surface area contributed by atoms with Gasteiger partial charge in [0.2, 0.25) is 11.7 Å². The number of carbonyl (C=O) groups is 1. The van der Waals surface area contributed by atoms with Gasteiger partial charge in [-0.15, -0.1) is 0 Å². The molecule has 0 aliphatic rings. The van der Waals surface area contributed by atoms with Crippen molar-refractivity contribution in [1.82, 2.24) is 20.0 Å². The van der Waals surface area contributed by atoms with Gasteiger partial charge in [0, 0.05) is 27.8 Å². The maximum Gasteiger partial charge on any atom is 0.274 e. The van der Waals surface area contributed by atoms with Crippen molar-refractivity contribution in [2.75, 3.05) is 0 Å². The standard InChI is InChI=1S/C21H16BrClN4O2/c22-17-8-2-1-5-15(17)12-24-19(28)13-27-10-4-9-18(27)21-25-20(26-29-21)14-6-3-7-16(23)11-14/h1-11H,12-13H2,(H,24,28). The zero-order chi connectivity index (χ0) is 20.2. The smallest absolute Gasteiger partial charge is 0.274 e.